The van der Waals surface area contributed by atoms with Crippen molar-refractivity contribution in [1.82, 2.24) is 10.2 Å². The number of rotatable bonds is 8. The van der Waals surface area contributed by atoms with Crippen LogP contribution in [0.5, 0.6) is 0 Å². The lowest BCUT2D eigenvalue weighted by molar-refractivity contribution is 0.221. The van der Waals surface area contributed by atoms with E-state index in [1.807, 2.05) is 18.2 Å². The zero-order valence-corrected chi connectivity index (χ0v) is 12.5. The number of nitrogens with zero attached hydrogens (tertiary/aromatic N) is 1. The molecule has 0 aliphatic rings. The molecular formula is C15H25ClN2. The third kappa shape index (κ3) is 4.97. The second-order valence-corrected chi connectivity index (χ2v) is 5.18. The fraction of sp³-hybridized carbons (Fsp3) is 0.600. The van der Waals surface area contributed by atoms with Crippen molar-refractivity contribution in [3.05, 3.63) is 34.9 Å². The molecule has 0 fully saturated rings. The summed E-state index contributed by atoms with van der Waals surface area (Å²) < 4.78 is 0. The molecule has 3 heteroatoms. The molecule has 0 spiro atoms. The number of hydrogen-bond donors (Lipinski definition) is 1. The van der Waals surface area contributed by atoms with Crippen molar-refractivity contribution in [3.63, 3.8) is 0 Å². The van der Waals surface area contributed by atoms with Crippen LogP contribution in [0.1, 0.15) is 32.3 Å². The number of hydrogen-bond acceptors (Lipinski definition) is 2. The van der Waals surface area contributed by atoms with Crippen LogP contribution in [0.2, 0.25) is 5.02 Å². The first-order valence-electron chi connectivity index (χ1n) is 6.83. The molecule has 0 aliphatic carbocycles. The molecule has 1 aromatic carbocycles. The van der Waals surface area contributed by atoms with Crippen LogP contribution >= 0.6 is 11.6 Å². The number of nitrogens with one attached hydrogen (secondary N) is 1. The lowest BCUT2D eigenvalue weighted by Crippen LogP contribution is -2.39. The van der Waals surface area contributed by atoms with E-state index < -0.39 is 0 Å². The van der Waals surface area contributed by atoms with Crippen molar-refractivity contribution in [1.29, 1.82) is 0 Å². The quantitative estimate of drug-likeness (QED) is 0.726. The minimum Gasteiger partial charge on any atom is -0.315 e. The summed E-state index contributed by atoms with van der Waals surface area (Å²) in [5.41, 5.74) is 1.20. The molecule has 0 aliphatic heterocycles. The Bertz CT molecular complexity index is 341. The van der Waals surface area contributed by atoms with E-state index in [2.05, 4.69) is 37.2 Å². The van der Waals surface area contributed by atoms with Crippen LogP contribution in [-0.2, 0) is 6.54 Å². The van der Waals surface area contributed by atoms with Gasteiger partial charge in [-0.05, 0) is 38.1 Å². The van der Waals surface area contributed by atoms with Gasteiger partial charge in [-0.15, -0.1) is 0 Å². The van der Waals surface area contributed by atoms with Crippen LogP contribution in [0.15, 0.2) is 24.3 Å². The van der Waals surface area contributed by atoms with E-state index in [0.29, 0.717) is 6.04 Å². The Balaban J connectivity index is 2.51. The first kappa shape index (κ1) is 15.5. The van der Waals surface area contributed by atoms with Gasteiger partial charge in [0.25, 0.3) is 0 Å². The average molecular weight is 269 g/mol. The topological polar surface area (TPSA) is 15.3 Å². The second kappa shape index (κ2) is 8.52. The summed E-state index contributed by atoms with van der Waals surface area (Å²) in [6.07, 6.45) is 2.34. The third-order valence-corrected chi connectivity index (χ3v) is 3.65. The van der Waals surface area contributed by atoms with Crippen molar-refractivity contribution >= 4 is 11.6 Å². The summed E-state index contributed by atoms with van der Waals surface area (Å²) in [5, 5.41) is 4.35. The largest absolute Gasteiger partial charge is 0.315 e. The summed E-state index contributed by atoms with van der Waals surface area (Å²) >= 11 is 6.20. The predicted molar refractivity (Wildman–Crippen MR) is 80.2 cm³/mol. The Labute approximate surface area is 116 Å². The summed E-state index contributed by atoms with van der Waals surface area (Å²) in [5.74, 6) is 0. The zero-order chi connectivity index (χ0) is 13.4. The highest BCUT2D eigenvalue weighted by molar-refractivity contribution is 6.31. The summed E-state index contributed by atoms with van der Waals surface area (Å²) in [6, 6.07) is 8.65. The van der Waals surface area contributed by atoms with E-state index >= 15 is 0 Å². The molecule has 18 heavy (non-hydrogen) atoms. The highest BCUT2D eigenvalue weighted by Gasteiger charge is 2.13. The molecular weight excluding hydrogens is 244 g/mol. The van der Waals surface area contributed by atoms with E-state index in [9.17, 15) is 0 Å². The highest BCUT2D eigenvalue weighted by atomic mass is 35.5. The van der Waals surface area contributed by atoms with Crippen LogP contribution in [0.4, 0.5) is 0 Å². The third-order valence-electron chi connectivity index (χ3n) is 3.28. The average Bonchev–Trinajstić information content (AvgIpc) is 2.37. The smallest absolute Gasteiger partial charge is 0.0451 e. The molecule has 0 amide bonds. The zero-order valence-electron chi connectivity index (χ0n) is 11.7. The van der Waals surface area contributed by atoms with Crippen molar-refractivity contribution in [3.8, 4) is 0 Å². The van der Waals surface area contributed by atoms with Gasteiger partial charge in [0.1, 0.15) is 0 Å². The molecule has 1 N–H and O–H groups in total. The fourth-order valence-electron chi connectivity index (χ4n) is 2.08. The van der Waals surface area contributed by atoms with E-state index in [0.717, 1.165) is 31.1 Å². The van der Waals surface area contributed by atoms with Crippen molar-refractivity contribution in [2.75, 3.05) is 20.1 Å². The molecule has 1 aromatic rings. The maximum absolute atomic E-state index is 6.20. The summed E-state index contributed by atoms with van der Waals surface area (Å²) in [7, 11) is 2.17. The van der Waals surface area contributed by atoms with Crippen molar-refractivity contribution in [2.45, 2.75) is 39.3 Å². The van der Waals surface area contributed by atoms with Crippen LogP contribution < -0.4 is 5.32 Å². The van der Waals surface area contributed by atoms with Gasteiger partial charge < -0.3 is 5.32 Å². The minimum atomic E-state index is 0.563. The predicted octanol–water partition coefficient (Wildman–Crippen LogP) is 3.55. The monoisotopic (exact) mass is 268 g/mol. The molecule has 0 aromatic heterocycles. The minimum absolute atomic E-state index is 0.563. The first-order chi connectivity index (χ1) is 8.69. The molecule has 0 bridgehead atoms. The summed E-state index contributed by atoms with van der Waals surface area (Å²) in [4.78, 5) is 2.38. The van der Waals surface area contributed by atoms with Gasteiger partial charge in [-0.1, -0.05) is 43.6 Å². The van der Waals surface area contributed by atoms with E-state index in [1.165, 1.54) is 12.0 Å². The Morgan fingerprint density at radius 3 is 2.61 bits per heavy atom. The Kier molecular flexibility index (Phi) is 7.33. The van der Waals surface area contributed by atoms with Gasteiger partial charge >= 0.3 is 0 Å². The number of benzene rings is 1. The molecule has 1 rings (SSSR count). The van der Waals surface area contributed by atoms with Crippen LogP contribution in [0.25, 0.3) is 0 Å². The lowest BCUT2D eigenvalue weighted by atomic mass is 10.1. The first-order valence-corrected chi connectivity index (χ1v) is 7.21. The molecule has 102 valence electrons. The van der Waals surface area contributed by atoms with E-state index in [-0.39, 0.29) is 0 Å². The molecule has 0 heterocycles. The van der Waals surface area contributed by atoms with Gasteiger partial charge in [0.15, 0.2) is 0 Å². The van der Waals surface area contributed by atoms with Crippen molar-refractivity contribution in [2.24, 2.45) is 0 Å². The van der Waals surface area contributed by atoms with Crippen LogP contribution in [0, 0.1) is 0 Å². The van der Waals surface area contributed by atoms with Crippen molar-refractivity contribution < 1.29 is 0 Å². The Hall–Kier alpha value is -0.570. The Morgan fingerprint density at radius 2 is 2.00 bits per heavy atom. The lowest BCUT2D eigenvalue weighted by Gasteiger charge is -2.27. The second-order valence-electron chi connectivity index (χ2n) is 4.77. The maximum Gasteiger partial charge on any atom is 0.0451 e. The SMILES string of the molecule is CCCNCC(CC)N(C)Cc1ccccc1Cl. The molecule has 2 nitrogen and oxygen atoms in total. The van der Waals surface area contributed by atoms with Gasteiger partial charge in [0.05, 0.1) is 0 Å². The molecule has 0 saturated carbocycles. The van der Waals surface area contributed by atoms with Gasteiger partial charge in [-0.3, -0.25) is 4.90 Å². The highest BCUT2D eigenvalue weighted by Crippen LogP contribution is 2.17. The van der Waals surface area contributed by atoms with Gasteiger partial charge in [-0.2, -0.15) is 0 Å². The van der Waals surface area contributed by atoms with E-state index in [4.69, 9.17) is 11.6 Å². The van der Waals surface area contributed by atoms with Gasteiger partial charge in [0, 0.05) is 24.2 Å². The fourth-order valence-corrected chi connectivity index (χ4v) is 2.28. The van der Waals surface area contributed by atoms with E-state index in [1.54, 1.807) is 0 Å². The standard InChI is InChI=1S/C15H25ClN2/c1-4-10-17-11-14(5-2)18(3)12-13-8-6-7-9-15(13)16/h6-9,14,17H,4-5,10-12H2,1-3H3. The van der Waals surface area contributed by atoms with Gasteiger partial charge in [-0.25, -0.2) is 0 Å². The Morgan fingerprint density at radius 1 is 1.28 bits per heavy atom. The number of halogens is 1. The summed E-state index contributed by atoms with van der Waals surface area (Å²) in [6.45, 7) is 7.48. The molecule has 1 unspecified atom stereocenters. The van der Waals surface area contributed by atoms with Crippen LogP contribution in [0.3, 0.4) is 0 Å². The van der Waals surface area contributed by atoms with Gasteiger partial charge in [0.2, 0.25) is 0 Å². The molecule has 1 atom stereocenters. The maximum atomic E-state index is 6.20. The van der Waals surface area contributed by atoms with Crippen LogP contribution in [-0.4, -0.2) is 31.1 Å². The number of likely N-dealkylation sites (N-methyl/N-ethyl adjacent to an activating group) is 1. The molecule has 0 radical (unpaired) electrons. The normalized spacial score (nSPS) is 12.9. The molecule has 0 saturated heterocycles.